The molecule has 0 bridgehead atoms. The highest BCUT2D eigenvalue weighted by molar-refractivity contribution is 7.99. The van der Waals surface area contributed by atoms with E-state index in [0.29, 0.717) is 0 Å². The molecule has 0 N–H and O–H groups in total. The molecular weight excluding hydrogens is 937 g/mol. The normalized spacial score (nSPS) is 13.4. The molecule has 2 aliphatic rings. The molecule has 1 heterocycles. The van der Waals surface area contributed by atoms with Crippen LogP contribution in [0.1, 0.15) is 47.2 Å². The van der Waals surface area contributed by atoms with Gasteiger partial charge < -0.3 is 4.90 Å². The number of para-hydroxylation sites is 1. The Kier molecular flexibility index (Phi) is 11.0. The van der Waals surface area contributed by atoms with Crippen molar-refractivity contribution in [3.8, 4) is 55.8 Å². The smallest absolute Gasteiger partial charge is 0.0788 e. The van der Waals surface area contributed by atoms with Crippen LogP contribution in [0.2, 0.25) is 0 Å². The Hall–Kier alpha value is -9.02. The Bertz CT molecular complexity index is 4110. The molecule has 0 aliphatic heterocycles. The summed E-state index contributed by atoms with van der Waals surface area (Å²) in [5.74, 6) is 0. The number of aromatic nitrogens is 1. The number of fused-ring (bicyclic) bond motifs is 7. The van der Waals surface area contributed by atoms with E-state index >= 15 is 0 Å². The third-order valence-corrected chi connectivity index (χ3v) is 17.1. The standard InChI is InChI=1S/C73H52N2S/c1-72(2)63-33-18-16-32-59(63)60-45-43-56(48-65(60)72)75(55-41-38-50(39-42-55)58-31-17-20-37-69(58)76-57-29-13-6-14-30-57)68-36-21-34-64-70(68)61-44-40-52(47-66(61)73(64,53-25-9-4-10-26-53)54-27-11-5-12-28-54)71-62(49-22-7-3-8-23-49)46-51-24-15-19-35-67(51)74-71/h3-48H,1-2H3. The third kappa shape index (κ3) is 7.37. The largest absolute Gasteiger partial charge is 0.310 e. The summed E-state index contributed by atoms with van der Waals surface area (Å²) in [5, 5.41) is 1.12. The van der Waals surface area contributed by atoms with Crippen LogP contribution >= 0.6 is 11.8 Å². The average molecular weight is 989 g/mol. The number of nitrogens with zero attached hydrogens (tertiary/aromatic N) is 2. The molecule has 0 fully saturated rings. The lowest BCUT2D eigenvalue weighted by molar-refractivity contribution is 0.660. The van der Waals surface area contributed by atoms with Gasteiger partial charge in [0.15, 0.2) is 0 Å². The van der Waals surface area contributed by atoms with Gasteiger partial charge in [-0.2, -0.15) is 0 Å². The monoisotopic (exact) mass is 988 g/mol. The van der Waals surface area contributed by atoms with Crippen LogP contribution in [0.15, 0.2) is 289 Å². The van der Waals surface area contributed by atoms with Gasteiger partial charge in [-0.1, -0.05) is 238 Å². The van der Waals surface area contributed by atoms with Gasteiger partial charge in [-0.15, -0.1) is 0 Å². The van der Waals surface area contributed by atoms with Crippen LogP contribution in [-0.2, 0) is 10.8 Å². The highest BCUT2D eigenvalue weighted by Crippen LogP contribution is 2.61. The summed E-state index contributed by atoms with van der Waals surface area (Å²) >= 11 is 1.81. The summed E-state index contributed by atoms with van der Waals surface area (Å²) in [6.07, 6.45) is 0. The fraction of sp³-hybridized carbons (Fsp3) is 0.0548. The van der Waals surface area contributed by atoms with E-state index in [1.54, 1.807) is 0 Å². The Morgan fingerprint density at radius 1 is 0.368 bits per heavy atom. The zero-order valence-electron chi connectivity index (χ0n) is 42.4. The maximum absolute atomic E-state index is 5.52. The second kappa shape index (κ2) is 18.4. The first kappa shape index (κ1) is 45.6. The molecule has 0 atom stereocenters. The van der Waals surface area contributed by atoms with Gasteiger partial charge in [-0.3, -0.25) is 0 Å². The first-order valence-electron chi connectivity index (χ1n) is 26.3. The quantitative estimate of drug-likeness (QED) is 0.136. The fourth-order valence-corrected chi connectivity index (χ4v) is 13.5. The van der Waals surface area contributed by atoms with Gasteiger partial charge in [0, 0.05) is 48.7 Å². The van der Waals surface area contributed by atoms with Gasteiger partial charge in [-0.05, 0) is 133 Å². The van der Waals surface area contributed by atoms with Gasteiger partial charge in [0.25, 0.3) is 0 Å². The number of hydrogen-bond acceptors (Lipinski definition) is 3. The van der Waals surface area contributed by atoms with Crippen LogP contribution in [-0.4, -0.2) is 4.98 Å². The second-order valence-corrected chi connectivity index (χ2v) is 21.7. The molecule has 1 aromatic heterocycles. The lowest BCUT2D eigenvalue weighted by atomic mass is 9.67. The molecule has 11 aromatic carbocycles. The average Bonchev–Trinajstić information content (AvgIpc) is 4.14. The highest BCUT2D eigenvalue weighted by atomic mass is 32.2. The van der Waals surface area contributed by atoms with Crippen LogP contribution < -0.4 is 4.90 Å². The third-order valence-electron chi connectivity index (χ3n) is 16.0. The second-order valence-electron chi connectivity index (χ2n) is 20.6. The predicted molar refractivity (Wildman–Crippen MR) is 318 cm³/mol. The number of benzene rings is 11. The molecule has 2 aliphatic carbocycles. The van der Waals surface area contributed by atoms with Crippen molar-refractivity contribution in [2.45, 2.75) is 34.5 Å². The van der Waals surface area contributed by atoms with Gasteiger partial charge in [-0.25, -0.2) is 4.98 Å². The molecule has 12 aromatic rings. The zero-order chi connectivity index (χ0) is 50.8. The zero-order valence-corrected chi connectivity index (χ0v) is 43.2. The number of hydrogen-bond donors (Lipinski definition) is 0. The summed E-state index contributed by atoms with van der Waals surface area (Å²) < 4.78 is 0. The van der Waals surface area contributed by atoms with E-state index in [4.69, 9.17) is 4.98 Å². The summed E-state index contributed by atoms with van der Waals surface area (Å²) in [6, 6.07) is 103. The van der Waals surface area contributed by atoms with Crippen molar-refractivity contribution in [3.05, 3.63) is 312 Å². The topological polar surface area (TPSA) is 16.1 Å². The lowest BCUT2D eigenvalue weighted by Crippen LogP contribution is -2.28. The van der Waals surface area contributed by atoms with E-state index in [9.17, 15) is 0 Å². The molecule has 0 amide bonds. The van der Waals surface area contributed by atoms with Crippen molar-refractivity contribution in [1.82, 2.24) is 4.98 Å². The van der Waals surface area contributed by atoms with E-state index in [2.05, 4.69) is 298 Å². The minimum absolute atomic E-state index is 0.190. The molecule has 2 nitrogen and oxygen atoms in total. The van der Waals surface area contributed by atoms with E-state index in [1.807, 2.05) is 11.8 Å². The van der Waals surface area contributed by atoms with E-state index in [1.165, 1.54) is 76.6 Å². The van der Waals surface area contributed by atoms with Crippen LogP contribution in [0, 0.1) is 0 Å². The van der Waals surface area contributed by atoms with Crippen LogP contribution in [0.25, 0.3) is 66.7 Å². The molecule has 0 unspecified atom stereocenters. The van der Waals surface area contributed by atoms with Crippen molar-refractivity contribution < 1.29 is 0 Å². The van der Waals surface area contributed by atoms with Crippen LogP contribution in [0.5, 0.6) is 0 Å². The summed E-state index contributed by atoms with van der Waals surface area (Å²) in [4.78, 5) is 10.5. The molecule has 0 saturated carbocycles. The number of anilines is 3. The van der Waals surface area contributed by atoms with Gasteiger partial charge in [0.1, 0.15) is 0 Å². The first-order chi connectivity index (χ1) is 37.4. The van der Waals surface area contributed by atoms with E-state index in [0.717, 1.165) is 50.3 Å². The van der Waals surface area contributed by atoms with E-state index < -0.39 is 5.41 Å². The van der Waals surface area contributed by atoms with Gasteiger partial charge >= 0.3 is 0 Å². The van der Waals surface area contributed by atoms with Crippen molar-refractivity contribution in [3.63, 3.8) is 0 Å². The maximum atomic E-state index is 5.52. The summed E-state index contributed by atoms with van der Waals surface area (Å²) in [5.41, 5.74) is 22.7. The Balaban J connectivity index is 1.02. The molecular formula is C73H52N2S. The lowest BCUT2D eigenvalue weighted by Gasteiger charge is -2.35. The van der Waals surface area contributed by atoms with Crippen LogP contribution in [0.4, 0.5) is 17.1 Å². The molecule has 76 heavy (non-hydrogen) atoms. The van der Waals surface area contributed by atoms with Crippen molar-refractivity contribution in [1.29, 1.82) is 0 Å². The van der Waals surface area contributed by atoms with E-state index in [-0.39, 0.29) is 5.41 Å². The Morgan fingerprint density at radius 2 is 0.934 bits per heavy atom. The summed E-state index contributed by atoms with van der Waals surface area (Å²) in [7, 11) is 0. The molecule has 0 radical (unpaired) electrons. The maximum Gasteiger partial charge on any atom is 0.0788 e. The Morgan fingerprint density at radius 3 is 1.68 bits per heavy atom. The Labute approximate surface area is 449 Å². The highest BCUT2D eigenvalue weighted by Gasteiger charge is 2.48. The molecule has 360 valence electrons. The molecule has 14 rings (SSSR count). The van der Waals surface area contributed by atoms with Gasteiger partial charge in [0.05, 0.1) is 22.3 Å². The first-order valence-corrected chi connectivity index (χ1v) is 27.1. The van der Waals surface area contributed by atoms with Crippen LogP contribution in [0.3, 0.4) is 0 Å². The molecule has 0 saturated heterocycles. The SMILES string of the molecule is CC1(C)c2ccccc2-c2ccc(N(c3ccc(-c4ccccc4Sc4ccccc4)cc3)c3cccc4c3-c3ccc(-c5nc6ccccc6cc5-c5ccccc5)cc3C4(c3ccccc3)c3ccccc3)cc21. The minimum atomic E-state index is -0.680. The predicted octanol–water partition coefficient (Wildman–Crippen LogP) is 19.5. The minimum Gasteiger partial charge on any atom is -0.310 e. The molecule has 0 spiro atoms. The number of rotatable bonds is 10. The van der Waals surface area contributed by atoms with Gasteiger partial charge in [0.2, 0.25) is 0 Å². The fourth-order valence-electron chi connectivity index (χ4n) is 12.5. The van der Waals surface area contributed by atoms with Crippen molar-refractivity contribution in [2.24, 2.45) is 0 Å². The van der Waals surface area contributed by atoms with Crippen molar-refractivity contribution in [2.75, 3.05) is 4.90 Å². The molecule has 3 heteroatoms. The summed E-state index contributed by atoms with van der Waals surface area (Å²) in [6.45, 7) is 4.75. The van der Waals surface area contributed by atoms with Crippen molar-refractivity contribution >= 4 is 39.7 Å². The number of pyridine rings is 1.